The second kappa shape index (κ2) is 6.43. The molecule has 0 N–H and O–H groups in total. The molecule has 2 rings (SSSR count). The van der Waals surface area contributed by atoms with Gasteiger partial charge in [0.25, 0.3) is 0 Å². The van der Waals surface area contributed by atoms with Crippen molar-refractivity contribution in [1.82, 2.24) is 9.97 Å². The fourth-order valence-corrected chi connectivity index (χ4v) is 3.19. The van der Waals surface area contributed by atoms with Gasteiger partial charge in [0.15, 0.2) is 0 Å². The number of hydrogen-bond acceptors (Lipinski definition) is 3. The second-order valence-corrected chi connectivity index (χ2v) is 5.85. The predicted octanol–water partition coefficient (Wildman–Crippen LogP) is 4.07. The zero-order valence-corrected chi connectivity index (χ0v) is 13.3. The molecule has 6 heteroatoms. The topological polar surface area (TPSA) is 35.0 Å². The summed E-state index contributed by atoms with van der Waals surface area (Å²) in [5.74, 6) is 0.255. The summed E-state index contributed by atoms with van der Waals surface area (Å²) in [7, 11) is 1.56. The third-order valence-corrected chi connectivity index (χ3v) is 4.13. The van der Waals surface area contributed by atoms with Gasteiger partial charge in [-0.2, -0.15) is 0 Å². The van der Waals surface area contributed by atoms with Crippen LogP contribution in [0.25, 0.3) is 0 Å². The molecule has 0 aliphatic rings. The summed E-state index contributed by atoms with van der Waals surface area (Å²) in [5.41, 5.74) is 1.67. The van der Waals surface area contributed by atoms with Gasteiger partial charge in [-0.1, -0.05) is 31.9 Å². The zero-order valence-electron chi connectivity index (χ0n) is 10.1. The fraction of sp³-hybridized carbons (Fsp3) is 0.231. The van der Waals surface area contributed by atoms with Crippen molar-refractivity contribution in [3.8, 4) is 5.88 Å². The molecule has 1 atom stereocenters. The van der Waals surface area contributed by atoms with Gasteiger partial charge in [-0.3, -0.25) is 0 Å². The minimum Gasteiger partial charge on any atom is -0.481 e. The zero-order chi connectivity index (χ0) is 13.8. The minimum absolute atomic E-state index is 0.0443. The lowest BCUT2D eigenvalue weighted by Gasteiger charge is -2.12. The summed E-state index contributed by atoms with van der Waals surface area (Å²) in [6.45, 7) is 0. The van der Waals surface area contributed by atoms with Gasteiger partial charge >= 0.3 is 0 Å². The molecule has 1 heterocycles. The van der Waals surface area contributed by atoms with Crippen molar-refractivity contribution >= 4 is 31.9 Å². The highest BCUT2D eigenvalue weighted by Crippen LogP contribution is 2.32. The molecular formula is C13H11Br2FN2O. The van der Waals surface area contributed by atoms with E-state index >= 15 is 0 Å². The van der Waals surface area contributed by atoms with Crippen LogP contribution in [0.1, 0.15) is 16.1 Å². The summed E-state index contributed by atoms with van der Waals surface area (Å²) in [4.78, 5) is 8.08. The van der Waals surface area contributed by atoms with Crippen LogP contribution in [-0.4, -0.2) is 17.1 Å². The number of nitrogens with zero attached hydrogens (tertiary/aromatic N) is 2. The smallest absolute Gasteiger partial charge is 0.216 e. The van der Waals surface area contributed by atoms with Crippen molar-refractivity contribution in [2.75, 3.05) is 7.11 Å². The van der Waals surface area contributed by atoms with Crippen molar-refractivity contribution in [2.45, 2.75) is 11.2 Å². The molecule has 0 aliphatic carbocycles. The number of methoxy groups -OCH3 is 1. The summed E-state index contributed by atoms with van der Waals surface area (Å²) in [6.07, 6.45) is 2.06. The first-order valence-corrected chi connectivity index (χ1v) is 7.25. The maximum atomic E-state index is 13.3. The Bertz CT molecular complexity index is 580. The van der Waals surface area contributed by atoms with Crippen LogP contribution in [0.3, 0.4) is 0 Å². The van der Waals surface area contributed by atoms with E-state index in [1.165, 1.54) is 18.5 Å². The number of ether oxygens (including phenoxy) is 1. The lowest BCUT2D eigenvalue weighted by molar-refractivity contribution is 0.396. The molecule has 0 saturated carbocycles. The van der Waals surface area contributed by atoms with Gasteiger partial charge in [-0.05, 0) is 23.8 Å². The van der Waals surface area contributed by atoms with E-state index in [-0.39, 0.29) is 10.6 Å². The molecule has 3 nitrogen and oxygen atoms in total. The molecule has 0 aliphatic heterocycles. The Labute approximate surface area is 127 Å². The van der Waals surface area contributed by atoms with Crippen LogP contribution in [0, 0.1) is 5.82 Å². The predicted molar refractivity (Wildman–Crippen MR) is 78.1 cm³/mol. The van der Waals surface area contributed by atoms with Crippen molar-refractivity contribution in [1.29, 1.82) is 0 Å². The Balaban J connectivity index is 2.20. The van der Waals surface area contributed by atoms with Gasteiger partial charge in [-0.15, -0.1) is 0 Å². The average Bonchev–Trinajstić information content (AvgIpc) is 2.41. The van der Waals surface area contributed by atoms with Gasteiger partial charge in [0, 0.05) is 27.5 Å². The molecule has 0 amide bonds. The second-order valence-electron chi connectivity index (χ2n) is 3.89. The first kappa shape index (κ1) is 14.4. The van der Waals surface area contributed by atoms with Gasteiger partial charge in [0.2, 0.25) is 5.88 Å². The monoisotopic (exact) mass is 388 g/mol. The third kappa shape index (κ3) is 3.73. The van der Waals surface area contributed by atoms with Gasteiger partial charge < -0.3 is 4.74 Å². The number of aromatic nitrogens is 2. The Morgan fingerprint density at radius 2 is 2.11 bits per heavy atom. The third-order valence-electron chi connectivity index (χ3n) is 2.59. The molecule has 0 fully saturated rings. The molecular weight excluding hydrogens is 379 g/mol. The highest BCUT2D eigenvalue weighted by atomic mass is 79.9. The van der Waals surface area contributed by atoms with Crippen LogP contribution in [0.15, 0.2) is 35.1 Å². The molecule has 1 aromatic heterocycles. The van der Waals surface area contributed by atoms with E-state index in [1.807, 2.05) is 0 Å². The van der Waals surface area contributed by atoms with E-state index in [0.29, 0.717) is 12.3 Å². The lowest BCUT2D eigenvalue weighted by Crippen LogP contribution is -2.01. The molecule has 0 saturated heterocycles. The van der Waals surface area contributed by atoms with Gasteiger partial charge in [-0.25, -0.2) is 14.4 Å². The number of benzene rings is 1. The Morgan fingerprint density at radius 1 is 1.32 bits per heavy atom. The first-order valence-electron chi connectivity index (χ1n) is 5.54. The minimum atomic E-state index is -0.261. The Kier molecular flexibility index (Phi) is 4.87. The number of halogens is 3. The standard InChI is InChI=1S/C13H11Br2FN2O/c1-19-13-6-9(17-7-18-13)5-12(15)10-4-8(16)2-3-11(10)14/h2-4,6-7,12H,5H2,1H3. The molecule has 100 valence electrons. The Hall–Kier alpha value is -1.01. The summed E-state index contributed by atoms with van der Waals surface area (Å²) >= 11 is 6.97. The molecule has 0 bridgehead atoms. The van der Waals surface area contributed by atoms with Crippen LogP contribution in [0.4, 0.5) is 4.39 Å². The van der Waals surface area contributed by atoms with Crippen LogP contribution >= 0.6 is 31.9 Å². The SMILES string of the molecule is COc1cc(CC(Br)c2cc(F)ccc2Br)ncn1. The normalized spacial score (nSPS) is 12.2. The van der Waals surface area contributed by atoms with Crippen LogP contribution < -0.4 is 4.74 Å². The molecule has 2 aromatic rings. The first-order chi connectivity index (χ1) is 9.10. The summed E-state index contributed by atoms with van der Waals surface area (Å²) in [6, 6.07) is 6.38. The van der Waals surface area contributed by atoms with Crippen molar-refractivity contribution in [3.05, 3.63) is 52.1 Å². The molecule has 1 unspecified atom stereocenters. The number of hydrogen-bond donors (Lipinski definition) is 0. The van der Waals surface area contributed by atoms with Crippen molar-refractivity contribution in [2.24, 2.45) is 0 Å². The van der Waals surface area contributed by atoms with E-state index in [1.54, 1.807) is 19.2 Å². The summed E-state index contributed by atoms with van der Waals surface area (Å²) in [5, 5.41) is 0. The van der Waals surface area contributed by atoms with Crippen LogP contribution in [-0.2, 0) is 6.42 Å². The van der Waals surface area contributed by atoms with E-state index < -0.39 is 0 Å². The van der Waals surface area contributed by atoms with Gasteiger partial charge in [0.1, 0.15) is 12.1 Å². The quantitative estimate of drug-likeness (QED) is 0.739. The van der Waals surface area contributed by atoms with Crippen molar-refractivity contribution in [3.63, 3.8) is 0 Å². The Morgan fingerprint density at radius 3 is 2.84 bits per heavy atom. The number of rotatable bonds is 4. The molecule has 1 aromatic carbocycles. The van der Waals surface area contributed by atoms with Gasteiger partial charge in [0.05, 0.1) is 7.11 Å². The highest BCUT2D eigenvalue weighted by molar-refractivity contribution is 9.11. The van der Waals surface area contributed by atoms with E-state index in [0.717, 1.165) is 15.7 Å². The summed E-state index contributed by atoms with van der Waals surface area (Å²) < 4.78 is 19.2. The van der Waals surface area contributed by atoms with Crippen LogP contribution in [0.2, 0.25) is 0 Å². The van der Waals surface area contributed by atoms with Crippen molar-refractivity contribution < 1.29 is 9.13 Å². The molecule has 0 spiro atoms. The van der Waals surface area contributed by atoms with E-state index in [2.05, 4.69) is 41.8 Å². The fourth-order valence-electron chi connectivity index (χ4n) is 1.65. The van der Waals surface area contributed by atoms with E-state index in [9.17, 15) is 4.39 Å². The highest BCUT2D eigenvalue weighted by Gasteiger charge is 2.14. The maximum absolute atomic E-state index is 13.3. The number of alkyl halides is 1. The molecule has 19 heavy (non-hydrogen) atoms. The molecule has 0 radical (unpaired) electrons. The van der Waals surface area contributed by atoms with E-state index in [4.69, 9.17) is 4.74 Å². The van der Waals surface area contributed by atoms with Crippen LogP contribution in [0.5, 0.6) is 5.88 Å². The lowest BCUT2D eigenvalue weighted by atomic mass is 10.1. The largest absolute Gasteiger partial charge is 0.481 e. The maximum Gasteiger partial charge on any atom is 0.216 e. The average molecular weight is 390 g/mol.